The van der Waals surface area contributed by atoms with Crippen molar-refractivity contribution in [1.29, 1.82) is 0 Å². The summed E-state index contributed by atoms with van der Waals surface area (Å²) in [7, 11) is 0. The third kappa shape index (κ3) is 4.32. The van der Waals surface area contributed by atoms with Gasteiger partial charge in [0, 0.05) is 0 Å². The van der Waals surface area contributed by atoms with Crippen LogP contribution in [0.3, 0.4) is 0 Å². The summed E-state index contributed by atoms with van der Waals surface area (Å²) < 4.78 is 10.6. The molecule has 4 nitrogen and oxygen atoms in total. The normalized spacial score (nSPS) is 14.7. The topological polar surface area (TPSA) is 55.8 Å². The molecule has 0 aromatic heterocycles. The molecule has 0 aliphatic heterocycles. The Morgan fingerprint density at radius 1 is 1.30 bits per heavy atom. The molecular formula is C16H24O4. The molecule has 0 bridgehead atoms. The van der Waals surface area contributed by atoms with Gasteiger partial charge in [-0.25, -0.2) is 0 Å². The van der Waals surface area contributed by atoms with Gasteiger partial charge < -0.3 is 14.6 Å². The van der Waals surface area contributed by atoms with Gasteiger partial charge in [-0.05, 0) is 33.3 Å². The van der Waals surface area contributed by atoms with Crippen molar-refractivity contribution in [2.45, 2.75) is 46.5 Å². The molecule has 1 aromatic rings. The lowest BCUT2D eigenvalue weighted by Gasteiger charge is -2.32. The fraction of sp³-hybridized carbons (Fsp3) is 0.562. The van der Waals surface area contributed by atoms with Gasteiger partial charge in [0.25, 0.3) is 0 Å². The van der Waals surface area contributed by atoms with Crippen LogP contribution < -0.4 is 0 Å². The molecule has 1 aromatic carbocycles. The Kier molecular flexibility index (Phi) is 6.17. The lowest BCUT2D eigenvalue weighted by molar-refractivity contribution is -0.167. The average Bonchev–Trinajstić information content (AvgIpc) is 2.45. The van der Waals surface area contributed by atoms with E-state index < -0.39 is 23.6 Å². The Balaban J connectivity index is 2.57. The van der Waals surface area contributed by atoms with Crippen LogP contribution in [0.1, 0.15) is 33.3 Å². The van der Waals surface area contributed by atoms with Gasteiger partial charge >= 0.3 is 5.97 Å². The fourth-order valence-corrected chi connectivity index (χ4v) is 1.92. The van der Waals surface area contributed by atoms with Gasteiger partial charge in [-0.3, -0.25) is 4.79 Å². The number of esters is 1. The maximum absolute atomic E-state index is 11.8. The van der Waals surface area contributed by atoms with Crippen molar-refractivity contribution in [2.24, 2.45) is 5.41 Å². The predicted octanol–water partition coefficient (Wildman–Crippen LogP) is 2.54. The van der Waals surface area contributed by atoms with Gasteiger partial charge in [0.1, 0.15) is 0 Å². The molecule has 0 heterocycles. The van der Waals surface area contributed by atoms with Crippen molar-refractivity contribution in [3.8, 4) is 0 Å². The SMILES string of the molecule is CCOC(=O)C(C)(C)[C@H](O)[C@@H](C)OCc1ccccc1. The van der Waals surface area contributed by atoms with Crippen LogP contribution in [0, 0.1) is 5.41 Å². The van der Waals surface area contributed by atoms with E-state index >= 15 is 0 Å². The molecule has 0 unspecified atom stereocenters. The molecule has 1 N–H and O–H groups in total. The Hall–Kier alpha value is -1.39. The average molecular weight is 280 g/mol. The number of aliphatic hydroxyl groups is 1. The molecule has 0 spiro atoms. The zero-order valence-electron chi connectivity index (χ0n) is 12.6. The van der Waals surface area contributed by atoms with E-state index in [4.69, 9.17) is 9.47 Å². The second-order valence-corrected chi connectivity index (χ2v) is 5.39. The van der Waals surface area contributed by atoms with Crippen molar-refractivity contribution < 1.29 is 19.4 Å². The summed E-state index contributed by atoms with van der Waals surface area (Å²) in [6.07, 6.45) is -1.39. The number of carbonyl (C=O) groups excluding carboxylic acids is 1. The highest BCUT2D eigenvalue weighted by Gasteiger charge is 2.40. The Labute approximate surface area is 120 Å². The molecule has 0 radical (unpaired) electrons. The van der Waals surface area contributed by atoms with Crippen molar-refractivity contribution >= 4 is 5.97 Å². The second-order valence-electron chi connectivity index (χ2n) is 5.39. The molecule has 0 fully saturated rings. The monoisotopic (exact) mass is 280 g/mol. The number of hydrogen-bond acceptors (Lipinski definition) is 4. The number of ether oxygens (including phenoxy) is 2. The molecule has 0 aliphatic rings. The minimum Gasteiger partial charge on any atom is -0.466 e. The van der Waals surface area contributed by atoms with Crippen LogP contribution in [0.15, 0.2) is 30.3 Å². The molecule has 0 saturated carbocycles. The molecule has 1 rings (SSSR count). The number of carbonyl (C=O) groups is 1. The van der Waals surface area contributed by atoms with E-state index in [9.17, 15) is 9.90 Å². The summed E-state index contributed by atoms with van der Waals surface area (Å²) in [6.45, 7) is 7.53. The molecular weight excluding hydrogens is 256 g/mol. The van der Waals surface area contributed by atoms with Crippen molar-refractivity contribution in [3.05, 3.63) is 35.9 Å². The first-order chi connectivity index (χ1) is 9.39. The van der Waals surface area contributed by atoms with Gasteiger partial charge in [-0.2, -0.15) is 0 Å². The highest BCUT2D eigenvalue weighted by atomic mass is 16.5. The van der Waals surface area contributed by atoms with E-state index in [1.165, 1.54) is 0 Å². The van der Waals surface area contributed by atoms with Gasteiger partial charge in [0.15, 0.2) is 0 Å². The summed E-state index contributed by atoms with van der Waals surface area (Å²) in [4.78, 5) is 11.8. The molecule has 2 atom stereocenters. The summed E-state index contributed by atoms with van der Waals surface area (Å²) >= 11 is 0. The number of benzene rings is 1. The quantitative estimate of drug-likeness (QED) is 0.780. The van der Waals surface area contributed by atoms with Crippen molar-refractivity contribution in [3.63, 3.8) is 0 Å². The number of hydrogen-bond donors (Lipinski definition) is 1. The molecule has 20 heavy (non-hydrogen) atoms. The molecule has 0 saturated heterocycles. The molecule has 0 aliphatic carbocycles. The number of rotatable bonds is 7. The highest BCUT2D eigenvalue weighted by molar-refractivity contribution is 5.76. The summed E-state index contributed by atoms with van der Waals surface area (Å²) in [6, 6.07) is 9.71. The van der Waals surface area contributed by atoms with Crippen LogP contribution in [0.2, 0.25) is 0 Å². The highest BCUT2D eigenvalue weighted by Crippen LogP contribution is 2.26. The van der Waals surface area contributed by atoms with Crippen LogP contribution in [-0.4, -0.2) is 29.9 Å². The van der Waals surface area contributed by atoms with Gasteiger partial charge in [0.2, 0.25) is 0 Å². The zero-order chi connectivity index (χ0) is 15.2. The van der Waals surface area contributed by atoms with Crippen LogP contribution in [0.5, 0.6) is 0 Å². The Morgan fingerprint density at radius 2 is 1.90 bits per heavy atom. The lowest BCUT2D eigenvalue weighted by Crippen LogP contribution is -2.45. The van der Waals surface area contributed by atoms with Gasteiger partial charge in [-0.15, -0.1) is 0 Å². The standard InChI is InChI=1S/C16H24O4/c1-5-19-15(18)16(3,4)14(17)12(2)20-11-13-9-7-6-8-10-13/h6-10,12,14,17H,5,11H2,1-4H3/t12-,14-/m1/s1. The smallest absolute Gasteiger partial charge is 0.314 e. The maximum atomic E-state index is 11.8. The summed E-state index contributed by atoms with van der Waals surface area (Å²) in [5.41, 5.74) is 0.0343. The van der Waals surface area contributed by atoms with E-state index in [0.717, 1.165) is 5.56 Å². The van der Waals surface area contributed by atoms with E-state index in [1.807, 2.05) is 30.3 Å². The van der Waals surface area contributed by atoms with E-state index in [1.54, 1.807) is 27.7 Å². The molecule has 112 valence electrons. The summed E-state index contributed by atoms with van der Waals surface area (Å²) in [5.74, 6) is -0.414. The molecule has 4 heteroatoms. The van der Waals surface area contributed by atoms with Gasteiger partial charge in [0.05, 0.1) is 30.8 Å². The third-order valence-electron chi connectivity index (χ3n) is 3.34. The van der Waals surface area contributed by atoms with Gasteiger partial charge in [-0.1, -0.05) is 30.3 Å². The predicted molar refractivity (Wildman–Crippen MR) is 77.1 cm³/mol. The summed E-state index contributed by atoms with van der Waals surface area (Å²) in [5, 5.41) is 10.3. The van der Waals surface area contributed by atoms with Crippen LogP contribution >= 0.6 is 0 Å². The minimum absolute atomic E-state index is 0.300. The van der Waals surface area contributed by atoms with Crippen molar-refractivity contribution in [2.75, 3.05) is 6.61 Å². The Morgan fingerprint density at radius 3 is 2.45 bits per heavy atom. The second kappa shape index (κ2) is 7.41. The minimum atomic E-state index is -0.994. The van der Waals surface area contributed by atoms with E-state index in [-0.39, 0.29) is 0 Å². The first-order valence-electron chi connectivity index (χ1n) is 6.90. The third-order valence-corrected chi connectivity index (χ3v) is 3.34. The van der Waals surface area contributed by atoms with E-state index in [0.29, 0.717) is 13.2 Å². The van der Waals surface area contributed by atoms with Crippen LogP contribution in [-0.2, 0) is 20.9 Å². The van der Waals surface area contributed by atoms with Crippen molar-refractivity contribution in [1.82, 2.24) is 0 Å². The lowest BCUT2D eigenvalue weighted by atomic mass is 9.84. The van der Waals surface area contributed by atoms with Crippen LogP contribution in [0.4, 0.5) is 0 Å². The Bertz CT molecular complexity index is 414. The number of aliphatic hydroxyl groups excluding tert-OH is 1. The first kappa shape index (κ1) is 16.7. The van der Waals surface area contributed by atoms with Crippen LogP contribution in [0.25, 0.3) is 0 Å². The zero-order valence-corrected chi connectivity index (χ0v) is 12.6. The first-order valence-corrected chi connectivity index (χ1v) is 6.90. The fourth-order valence-electron chi connectivity index (χ4n) is 1.92. The molecule has 0 amide bonds. The van der Waals surface area contributed by atoms with E-state index in [2.05, 4.69) is 0 Å². The largest absolute Gasteiger partial charge is 0.466 e. The maximum Gasteiger partial charge on any atom is 0.314 e.